The van der Waals surface area contributed by atoms with Gasteiger partial charge in [-0.05, 0) is 49.2 Å². The highest BCUT2D eigenvalue weighted by Gasteiger charge is 2.25. The van der Waals surface area contributed by atoms with Crippen LogP contribution in [-0.4, -0.2) is 16.1 Å². The molecule has 3 rings (SSSR count). The minimum atomic E-state index is -0.301. The zero-order valence-electron chi connectivity index (χ0n) is 10.7. The van der Waals surface area contributed by atoms with Gasteiger partial charge in [0.2, 0.25) is 0 Å². The highest BCUT2D eigenvalue weighted by atomic mass is 16.1. The van der Waals surface area contributed by atoms with Crippen LogP contribution in [0.3, 0.4) is 0 Å². The molecule has 1 aliphatic carbocycles. The molecule has 2 aromatic rings. The van der Waals surface area contributed by atoms with Gasteiger partial charge in [-0.2, -0.15) is 10.4 Å². The molecule has 0 spiro atoms. The summed E-state index contributed by atoms with van der Waals surface area (Å²) in [6.07, 6.45) is 2.32. The summed E-state index contributed by atoms with van der Waals surface area (Å²) in [7, 11) is 0. The van der Waals surface area contributed by atoms with Crippen LogP contribution in [-0.2, 0) is 0 Å². The van der Waals surface area contributed by atoms with Crippen molar-refractivity contribution in [2.45, 2.75) is 18.8 Å². The lowest BCUT2D eigenvalue weighted by Gasteiger charge is -2.04. The maximum Gasteiger partial charge on any atom is 0.276 e. The lowest BCUT2D eigenvalue weighted by atomic mass is 10.2. The zero-order valence-corrected chi connectivity index (χ0v) is 10.7. The van der Waals surface area contributed by atoms with E-state index in [1.807, 2.05) is 12.1 Å². The number of hydrogen-bond donors (Lipinski definition) is 1. The number of nitrogens with zero attached hydrogens (tertiary/aromatic N) is 3. The number of hydrogen-bond acceptors (Lipinski definition) is 4. The fourth-order valence-corrected chi connectivity index (χ4v) is 1.88. The second-order valence-electron chi connectivity index (χ2n) is 4.76. The lowest BCUT2D eigenvalue weighted by Crippen LogP contribution is -2.14. The highest BCUT2D eigenvalue weighted by Crippen LogP contribution is 2.38. The number of benzene rings is 1. The standard InChI is InChI=1S/C15H12N4O/c16-9-10-1-5-12(6-2-10)17-15(20)14-8-7-13(18-19-14)11-3-4-11/h1-2,5-8,11H,3-4H2,(H,17,20). The third-order valence-corrected chi connectivity index (χ3v) is 3.19. The van der Waals surface area contributed by atoms with Crippen molar-refractivity contribution in [3.8, 4) is 6.07 Å². The van der Waals surface area contributed by atoms with Gasteiger partial charge in [-0.25, -0.2) is 0 Å². The SMILES string of the molecule is N#Cc1ccc(NC(=O)c2ccc(C3CC3)nn2)cc1. The van der Waals surface area contributed by atoms with E-state index in [1.54, 1.807) is 30.3 Å². The van der Waals surface area contributed by atoms with Crippen LogP contribution in [0, 0.1) is 11.3 Å². The molecule has 0 saturated heterocycles. The van der Waals surface area contributed by atoms with Gasteiger partial charge in [0.05, 0.1) is 17.3 Å². The predicted octanol–water partition coefficient (Wildman–Crippen LogP) is 2.48. The van der Waals surface area contributed by atoms with Crippen molar-refractivity contribution in [3.63, 3.8) is 0 Å². The Balaban J connectivity index is 1.69. The van der Waals surface area contributed by atoms with Crippen molar-refractivity contribution >= 4 is 11.6 Å². The highest BCUT2D eigenvalue weighted by molar-refractivity contribution is 6.02. The van der Waals surface area contributed by atoms with Gasteiger partial charge in [0.25, 0.3) is 5.91 Å². The third-order valence-electron chi connectivity index (χ3n) is 3.19. The first kappa shape index (κ1) is 12.3. The maximum atomic E-state index is 12.0. The summed E-state index contributed by atoms with van der Waals surface area (Å²) in [5.41, 5.74) is 2.43. The van der Waals surface area contributed by atoms with E-state index < -0.39 is 0 Å². The summed E-state index contributed by atoms with van der Waals surface area (Å²) in [6.45, 7) is 0. The Kier molecular flexibility index (Phi) is 3.13. The van der Waals surface area contributed by atoms with Gasteiger partial charge < -0.3 is 5.32 Å². The number of nitriles is 1. The number of rotatable bonds is 3. The van der Waals surface area contributed by atoms with E-state index in [1.165, 1.54) is 0 Å². The Morgan fingerprint density at radius 3 is 2.45 bits per heavy atom. The average Bonchev–Trinajstić information content (AvgIpc) is 3.33. The number of carbonyl (C=O) groups is 1. The monoisotopic (exact) mass is 264 g/mol. The Morgan fingerprint density at radius 2 is 1.90 bits per heavy atom. The molecule has 0 bridgehead atoms. The van der Waals surface area contributed by atoms with Crippen LogP contribution in [0.4, 0.5) is 5.69 Å². The second kappa shape index (κ2) is 5.10. The predicted molar refractivity (Wildman–Crippen MR) is 73.1 cm³/mol. The van der Waals surface area contributed by atoms with Crippen molar-refractivity contribution < 1.29 is 4.79 Å². The molecule has 5 nitrogen and oxygen atoms in total. The molecule has 0 atom stereocenters. The molecular formula is C15H12N4O. The molecular weight excluding hydrogens is 252 g/mol. The Labute approximate surface area is 116 Å². The van der Waals surface area contributed by atoms with Crippen LogP contribution < -0.4 is 5.32 Å². The molecule has 1 aromatic heterocycles. The molecule has 5 heteroatoms. The fourth-order valence-electron chi connectivity index (χ4n) is 1.88. The molecule has 1 aromatic carbocycles. The summed E-state index contributed by atoms with van der Waals surface area (Å²) in [4.78, 5) is 12.0. The van der Waals surface area contributed by atoms with E-state index in [0.29, 0.717) is 22.9 Å². The maximum absolute atomic E-state index is 12.0. The van der Waals surface area contributed by atoms with Crippen LogP contribution in [0.15, 0.2) is 36.4 Å². The molecule has 20 heavy (non-hydrogen) atoms. The number of nitrogens with one attached hydrogen (secondary N) is 1. The van der Waals surface area contributed by atoms with E-state index in [9.17, 15) is 4.79 Å². The molecule has 1 heterocycles. The second-order valence-corrected chi connectivity index (χ2v) is 4.76. The molecule has 1 fully saturated rings. The van der Waals surface area contributed by atoms with E-state index in [0.717, 1.165) is 18.5 Å². The third kappa shape index (κ3) is 2.64. The van der Waals surface area contributed by atoms with E-state index in [2.05, 4.69) is 15.5 Å². The number of aromatic nitrogens is 2. The average molecular weight is 264 g/mol. The van der Waals surface area contributed by atoms with Gasteiger partial charge in [0, 0.05) is 11.6 Å². The minimum Gasteiger partial charge on any atom is -0.321 e. The Hall–Kier alpha value is -2.74. The van der Waals surface area contributed by atoms with E-state index in [4.69, 9.17) is 5.26 Å². The van der Waals surface area contributed by atoms with Crippen molar-refractivity contribution in [1.82, 2.24) is 10.2 Å². The van der Waals surface area contributed by atoms with Crippen LogP contribution in [0.1, 0.15) is 40.5 Å². The molecule has 0 aliphatic heterocycles. The normalized spacial score (nSPS) is 13.6. The molecule has 1 amide bonds. The smallest absolute Gasteiger partial charge is 0.276 e. The molecule has 98 valence electrons. The summed E-state index contributed by atoms with van der Waals surface area (Å²) in [5.74, 6) is 0.225. The van der Waals surface area contributed by atoms with Crippen LogP contribution in [0.25, 0.3) is 0 Å². The molecule has 0 radical (unpaired) electrons. The van der Waals surface area contributed by atoms with Gasteiger partial charge in [0.1, 0.15) is 0 Å². The summed E-state index contributed by atoms with van der Waals surface area (Å²) in [6, 6.07) is 12.2. The Morgan fingerprint density at radius 1 is 1.15 bits per heavy atom. The first-order chi connectivity index (χ1) is 9.76. The minimum absolute atomic E-state index is 0.291. The van der Waals surface area contributed by atoms with Gasteiger partial charge in [-0.3, -0.25) is 4.79 Å². The largest absolute Gasteiger partial charge is 0.321 e. The number of carbonyl (C=O) groups excluding carboxylic acids is 1. The summed E-state index contributed by atoms with van der Waals surface area (Å²) in [5, 5.41) is 19.5. The quantitative estimate of drug-likeness (QED) is 0.923. The Bertz CT molecular complexity index is 667. The molecule has 1 saturated carbocycles. The van der Waals surface area contributed by atoms with Gasteiger partial charge >= 0.3 is 0 Å². The fraction of sp³-hybridized carbons (Fsp3) is 0.200. The topological polar surface area (TPSA) is 78.7 Å². The molecule has 1 aliphatic rings. The van der Waals surface area contributed by atoms with Crippen LogP contribution in [0.2, 0.25) is 0 Å². The summed E-state index contributed by atoms with van der Waals surface area (Å²) < 4.78 is 0. The van der Waals surface area contributed by atoms with E-state index in [-0.39, 0.29) is 5.91 Å². The van der Waals surface area contributed by atoms with Gasteiger partial charge in [-0.15, -0.1) is 5.10 Å². The zero-order chi connectivity index (χ0) is 13.9. The molecule has 0 unspecified atom stereocenters. The van der Waals surface area contributed by atoms with E-state index >= 15 is 0 Å². The first-order valence-electron chi connectivity index (χ1n) is 6.41. The summed E-state index contributed by atoms with van der Waals surface area (Å²) >= 11 is 0. The molecule has 1 N–H and O–H groups in total. The van der Waals surface area contributed by atoms with Gasteiger partial charge in [0.15, 0.2) is 5.69 Å². The van der Waals surface area contributed by atoms with Crippen molar-refractivity contribution in [2.75, 3.05) is 5.32 Å². The lowest BCUT2D eigenvalue weighted by molar-refractivity contribution is 0.102. The number of anilines is 1. The van der Waals surface area contributed by atoms with Crippen molar-refractivity contribution in [3.05, 3.63) is 53.3 Å². The van der Waals surface area contributed by atoms with Gasteiger partial charge in [-0.1, -0.05) is 0 Å². The number of amides is 1. The van der Waals surface area contributed by atoms with Crippen molar-refractivity contribution in [1.29, 1.82) is 5.26 Å². The first-order valence-corrected chi connectivity index (χ1v) is 6.41. The van der Waals surface area contributed by atoms with Crippen LogP contribution >= 0.6 is 0 Å². The van der Waals surface area contributed by atoms with Crippen LogP contribution in [0.5, 0.6) is 0 Å². The van der Waals surface area contributed by atoms with Crippen molar-refractivity contribution in [2.24, 2.45) is 0 Å².